The van der Waals surface area contributed by atoms with Gasteiger partial charge < -0.3 is 10.0 Å². The third-order valence-electron chi connectivity index (χ3n) is 2.49. The molecule has 0 fully saturated rings. The maximum atomic E-state index is 11.1. The van der Waals surface area contributed by atoms with Gasteiger partial charge in [0.1, 0.15) is 0 Å². The van der Waals surface area contributed by atoms with Crippen molar-refractivity contribution in [1.29, 1.82) is 0 Å². The van der Waals surface area contributed by atoms with Crippen LogP contribution in [0.5, 0.6) is 0 Å². The number of carboxylic acids is 1. The van der Waals surface area contributed by atoms with Crippen molar-refractivity contribution in [2.75, 3.05) is 18.5 Å². The normalized spacial score (nSPS) is 11.2. The van der Waals surface area contributed by atoms with E-state index < -0.39 is 16.0 Å². The first-order valence-corrected chi connectivity index (χ1v) is 6.91. The van der Waals surface area contributed by atoms with E-state index >= 15 is 0 Å². The minimum atomic E-state index is -3.67. The molecule has 6 nitrogen and oxygen atoms in total. The molecule has 0 bridgehead atoms. The Balaban J connectivity index is 2.65. The Kier molecular flexibility index (Phi) is 4.69. The monoisotopic (exact) mass is 272 g/mol. The summed E-state index contributed by atoms with van der Waals surface area (Å²) in [6.45, 7) is 0.584. The maximum Gasteiger partial charge on any atom is 0.303 e. The van der Waals surface area contributed by atoms with E-state index in [1.165, 1.54) is 12.1 Å². The molecule has 0 saturated carbocycles. The Morgan fingerprint density at radius 1 is 1.33 bits per heavy atom. The van der Waals surface area contributed by atoms with Gasteiger partial charge in [0, 0.05) is 25.7 Å². The zero-order chi connectivity index (χ0) is 13.8. The number of carboxylic acid groups (broad SMARTS) is 1. The van der Waals surface area contributed by atoms with Gasteiger partial charge in [-0.05, 0) is 30.7 Å². The van der Waals surface area contributed by atoms with Crippen LogP contribution in [0.1, 0.15) is 12.8 Å². The Hall–Kier alpha value is -1.60. The highest BCUT2D eigenvalue weighted by atomic mass is 32.2. The van der Waals surface area contributed by atoms with Crippen LogP contribution >= 0.6 is 0 Å². The van der Waals surface area contributed by atoms with E-state index in [2.05, 4.69) is 0 Å². The lowest BCUT2D eigenvalue weighted by Crippen LogP contribution is -2.19. The molecule has 0 saturated heterocycles. The molecule has 3 N–H and O–H groups in total. The van der Waals surface area contributed by atoms with Crippen molar-refractivity contribution in [2.45, 2.75) is 17.7 Å². The average molecular weight is 272 g/mol. The van der Waals surface area contributed by atoms with Crippen LogP contribution < -0.4 is 10.0 Å². The molecule has 1 aromatic carbocycles. The van der Waals surface area contributed by atoms with Gasteiger partial charge in [0.15, 0.2) is 0 Å². The van der Waals surface area contributed by atoms with Gasteiger partial charge in [0.05, 0.1) is 4.90 Å². The summed E-state index contributed by atoms with van der Waals surface area (Å²) in [6, 6.07) is 6.14. The van der Waals surface area contributed by atoms with E-state index in [9.17, 15) is 13.2 Å². The highest BCUT2D eigenvalue weighted by molar-refractivity contribution is 7.89. The zero-order valence-electron chi connectivity index (χ0n) is 10.0. The predicted octanol–water partition coefficient (Wildman–Crippen LogP) is 0.635. The molecule has 0 amide bonds. The van der Waals surface area contributed by atoms with Crippen molar-refractivity contribution in [1.82, 2.24) is 0 Å². The van der Waals surface area contributed by atoms with Crippen LogP contribution in [0.3, 0.4) is 0 Å². The van der Waals surface area contributed by atoms with Crippen LogP contribution in [-0.4, -0.2) is 33.1 Å². The lowest BCUT2D eigenvalue weighted by molar-refractivity contribution is -0.137. The van der Waals surface area contributed by atoms with Crippen LogP contribution in [-0.2, 0) is 14.8 Å². The fourth-order valence-corrected chi connectivity index (χ4v) is 2.00. The van der Waals surface area contributed by atoms with E-state index in [-0.39, 0.29) is 11.3 Å². The van der Waals surface area contributed by atoms with Crippen molar-refractivity contribution in [3.63, 3.8) is 0 Å². The minimum Gasteiger partial charge on any atom is -0.481 e. The van der Waals surface area contributed by atoms with Gasteiger partial charge in [-0.1, -0.05) is 0 Å². The largest absolute Gasteiger partial charge is 0.481 e. The molecule has 0 atom stereocenters. The fraction of sp³-hybridized carbons (Fsp3) is 0.364. The third kappa shape index (κ3) is 4.34. The Bertz CT molecular complexity index is 510. The lowest BCUT2D eigenvalue weighted by Gasteiger charge is -2.18. The smallest absolute Gasteiger partial charge is 0.303 e. The molecule has 0 spiro atoms. The molecular formula is C11H16N2O4S. The van der Waals surface area contributed by atoms with Crippen LogP contribution in [0.15, 0.2) is 29.2 Å². The number of nitrogens with two attached hydrogens (primary N) is 1. The van der Waals surface area contributed by atoms with Crippen LogP contribution in [0, 0.1) is 0 Å². The number of carbonyl (C=O) groups is 1. The van der Waals surface area contributed by atoms with E-state index in [0.29, 0.717) is 13.0 Å². The van der Waals surface area contributed by atoms with E-state index in [4.69, 9.17) is 10.2 Å². The van der Waals surface area contributed by atoms with E-state index in [0.717, 1.165) is 5.69 Å². The second-order valence-electron chi connectivity index (χ2n) is 3.96. The Labute approximate surface area is 106 Å². The molecule has 0 aliphatic carbocycles. The topological polar surface area (TPSA) is 101 Å². The fourth-order valence-electron chi connectivity index (χ4n) is 1.49. The summed E-state index contributed by atoms with van der Waals surface area (Å²) in [5.74, 6) is -0.826. The van der Waals surface area contributed by atoms with Gasteiger partial charge in [-0.3, -0.25) is 4.79 Å². The first kappa shape index (κ1) is 14.5. The number of benzene rings is 1. The van der Waals surface area contributed by atoms with Crippen LogP contribution in [0.4, 0.5) is 5.69 Å². The lowest BCUT2D eigenvalue weighted by atomic mass is 10.2. The Morgan fingerprint density at radius 3 is 2.33 bits per heavy atom. The molecule has 0 aliphatic heterocycles. The number of hydrogen-bond acceptors (Lipinski definition) is 4. The summed E-state index contributed by atoms with van der Waals surface area (Å²) in [7, 11) is -1.86. The van der Waals surface area contributed by atoms with Gasteiger partial charge in [0.2, 0.25) is 10.0 Å². The van der Waals surface area contributed by atoms with E-state index in [1.807, 2.05) is 11.9 Å². The van der Waals surface area contributed by atoms with Gasteiger partial charge in [0.25, 0.3) is 0 Å². The molecule has 7 heteroatoms. The number of aliphatic carboxylic acids is 1. The first-order valence-electron chi connectivity index (χ1n) is 5.36. The second-order valence-corrected chi connectivity index (χ2v) is 5.52. The minimum absolute atomic E-state index is 0.0604. The first-order chi connectivity index (χ1) is 8.30. The zero-order valence-corrected chi connectivity index (χ0v) is 10.9. The SMILES string of the molecule is CN(CCCC(=O)O)c1ccc(S(N)(=O)=O)cc1. The number of sulfonamides is 1. The average Bonchev–Trinajstić information content (AvgIpc) is 2.27. The predicted molar refractivity (Wildman–Crippen MR) is 68.0 cm³/mol. The summed E-state index contributed by atoms with van der Waals surface area (Å²) in [6.07, 6.45) is 0.641. The molecule has 18 heavy (non-hydrogen) atoms. The summed E-state index contributed by atoms with van der Waals surface area (Å²) in [5.41, 5.74) is 0.813. The van der Waals surface area contributed by atoms with Crippen molar-refractivity contribution in [3.8, 4) is 0 Å². The summed E-state index contributed by atoms with van der Waals surface area (Å²) >= 11 is 0. The van der Waals surface area contributed by atoms with Crippen LogP contribution in [0.25, 0.3) is 0 Å². The highest BCUT2D eigenvalue weighted by Crippen LogP contribution is 2.16. The third-order valence-corrected chi connectivity index (χ3v) is 3.42. The number of nitrogens with zero attached hydrogens (tertiary/aromatic N) is 1. The van der Waals surface area contributed by atoms with E-state index in [1.54, 1.807) is 12.1 Å². The van der Waals surface area contributed by atoms with Gasteiger partial charge in [-0.15, -0.1) is 0 Å². The van der Waals surface area contributed by atoms with Crippen molar-refractivity contribution >= 4 is 21.7 Å². The highest BCUT2D eigenvalue weighted by Gasteiger charge is 2.08. The number of hydrogen-bond donors (Lipinski definition) is 2. The number of primary sulfonamides is 1. The number of rotatable bonds is 6. The molecule has 0 aromatic heterocycles. The summed E-state index contributed by atoms with van der Waals surface area (Å²) < 4.78 is 22.1. The Morgan fingerprint density at radius 2 is 1.89 bits per heavy atom. The standard InChI is InChI=1S/C11H16N2O4S/c1-13(8-2-3-11(14)15)9-4-6-10(7-5-9)18(12,16)17/h4-7H,2-3,8H2,1H3,(H,14,15)(H2,12,16,17). The molecule has 1 aromatic rings. The molecule has 0 unspecified atom stereocenters. The van der Waals surface area contributed by atoms with Crippen molar-refractivity contribution in [3.05, 3.63) is 24.3 Å². The molecule has 1 rings (SSSR count). The molecular weight excluding hydrogens is 256 g/mol. The summed E-state index contributed by atoms with van der Waals surface area (Å²) in [5, 5.41) is 13.5. The molecule has 100 valence electrons. The maximum absolute atomic E-state index is 11.1. The number of anilines is 1. The van der Waals surface area contributed by atoms with Crippen LogP contribution in [0.2, 0.25) is 0 Å². The second kappa shape index (κ2) is 5.83. The van der Waals surface area contributed by atoms with Gasteiger partial charge in [-0.2, -0.15) is 0 Å². The molecule has 0 heterocycles. The quantitative estimate of drug-likeness (QED) is 0.791. The summed E-state index contributed by atoms with van der Waals surface area (Å²) in [4.78, 5) is 12.3. The van der Waals surface area contributed by atoms with Gasteiger partial charge >= 0.3 is 5.97 Å². The molecule has 0 radical (unpaired) electrons. The van der Waals surface area contributed by atoms with Crippen molar-refractivity contribution in [2.24, 2.45) is 5.14 Å². The molecule has 0 aliphatic rings. The van der Waals surface area contributed by atoms with Crippen molar-refractivity contribution < 1.29 is 18.3 Å². The van der Waals surface area contributed by atoms with Gasteiger partial charge in [-0.25, -0.2) is 13.6 Å².